The Balaban J connectivity index is 1.63. The number of carbonyl (C=O) groups excluding carboxylic acids is 4. The van der Waals surface area contributed by atoms with E-state index in [1.165, 1.54) is 4.72 Å². The fourth-order valence-electron chi connectivity index (χ4n) is 3.15. The van der Waals surface area contributed by atoms with Crippen LogP contribution in [-0.2, 0) is 31.1 Å². The van der Waals surface area contributed by atoms with Crippen LogP contribution in [0.15, 0.2) is 48.5 Å². The Morgan fingerprint density at radius 2 is 1.74 bits per heavy atom. The molecular formula is C21H22N6O11S. The van der Waals surface area contributed by atoms with E-state index in [9.17, 15) is 42.6 Å². The van der Waals surface area contributed by atoms with Crippen LogP contribution >= 0.6 is 0 Å². The lowest BCUT2D eigenvalue weighted by Gasteiger charge is -2.35. The number of carboxylic acid groups (broad SMARTS) is 1. The zero-order valence-electron chi connectivity index (χ0n) is 19.7. The lowest BCUT2D eigenvalue weighted by Crippen LogP contribution is -2.68. The van der Waals surface area contributed by atoms with Gasteiger partial charge in [0.1, 0.15) is 18.7 Å². The van der Waals surface area contributed by atoms with Crippen molar-refractivity contribution in [2.24, 2.45) is 0 Å². The summed E-state index contributed by atoms with van der Waals surface area (Å²) in [4.78, 5) is 61.5. The van der Waals surface area contributed by atoms with Crippen molar-refractivity contribution in [1.29, 1.82) is 0 Å². The van der Waals surface area contributed by atoms with Gasteiger partial charge in [-0.3, -0.25) is 19.9 Å². The van der Waals surface area contributed by atoms with Crippen molar-refractivity contribution >= 4 is 40.2 Å². The van der Waals surface area contributed by atoms with Gasteiger partial charge in [0.2, 0.25) is 0 Å². The molecule has 2 aromatic carbocycles. The van der Waals surface area contributed by atoms with Crippen molar-refractivity contribution in [2.45, 2.75) is 18.7 Å². The Kier molecular flexibility index (Phi) is 8.73. The number of benzene rings is 2. The van der Waals surface area contributed by atoms with Crippen molar-refractivity contribution in [2.75, 3.05) is 6.54 Å². The molecule has 208 valence electrons. The molecule has 6 amide bonds. The molecule has 1 saturated heterocycles. The Labute approximate surface area is 219 Å². The minimum Gasteiger partial charge on any atom is -0.504 e. The zero-order chi connectivity index (χ0) is 28.7. The maximum Gasteiger partial charge on any atom is 0.408 e. The van der Waals surface area contributed by atoms with Gasteiger partial charge in [-0.15, -0.1) is 4.83 Å². The summed E-state index contributed by atoms with van der Waals surface area (Å²) in [6.07, 6.45) is -2.61. The molecule has 8 N–H and O–H groups in total. The molecule has 0 radical (unpaired) electrons. The predicted octanol–water partition coefficient (Wildman–Crippen LogP) is -0.881. The summed E-state index contributed by atoms with van der Waals surface area (Å²) in [5.41, 5.74) is 2.30. The number of urea groups is 1. The molecule has 1 fully saturated rings. The summed E-state index contributed by atoms with van der Waals surface area (Å²) in [5, 5.41) is 32.0. The third-order valence-electron chi connectivity index (χ3n) is 5.07. The van der Waals surface area contributed by atoms with E-state index in [0.717, 1.165) is 18.2 Å². The zero-order valence-corrected chi connectivity index (χ0v) is 20.5. The van der Waals surface area contributed by atoms with E-state index in [-0.39, 0.29) is 12.2 Å². The minimum absolute atomic E-state index is 0.0918. The second kappa shape index (κ2) is 12.0. The number of rotatable bonds is 9. The van der Waals surface area contributed by atoms with Gasteiger partial charge in [0, 0.05) is 0 Å². The standard InChI is InChI=1S/C21H22N6O11S/c28-14-7-6-12(8-15(14)29)16(23-21(35)38-10-11-4-2-1-3-5-11)17(30)24-26-39(36,37)25-19(32)27-9-13(18(27)31)22-20(33)34/h1-8,13,16,22,26,28-29H,9-10H2,(H,23,35)(H,24,30)(H,25,32)(H,33,34). The van der Waals surface area contributed by atoms with Gasteiger partial charge >= 0.3 is 28.4 Å². The number of hydrogen-bond donors (Lipinski definition) is 8. The molecule has 17 nitrogen and oxygen atoms in total. The first kappa shape index (κ1) is 28.5. The van der Waals surface area contributed by atoms with Crippen LogP contribution in [0.2, 0.25) is 0 Å². The Hall–Kier alpha value is -5.10. The summed E-state index contributed by atoms with van der Waals surface area (Å²) >= 11 is 0. The Morgan fingerprint density at radius 3 is 2.36 bits per heavy atom. The van der Waals surface area contributed by atoms with Crippen molar-refractivity contribution in [1.82, 2.24) is 30.5 Å². The van der Waals surface area contributed by atoms with E-state index in [2.05, 4.69) is 5.32 Å². The molecule has 2 atom stereocenters. The molecule has 0 saturated carbocycles. The summed E-state index contributed by atoms with van der Waals surface area (Å²) in [5.74, 6) is -3.39. The van der Waals surface area contributed by atoms with Crippen LogP contribution in [0, 0.1) is 0 Å². The second-order valence-electron chi connectivity index (χ2n) is 7.84. The topological polar surface area (TPSA) is 253 Å². The minimum atomic E-state index is -4.81. The maximum absolute atomic E-state index is 12.8. The number of aromatic hydroxyl groups is 2. The molecule has 1 aliphatic rings. The fraction of sp³-hybridized carbons (Fsp3) is 0.190. The Bertz CT molecular complexity index is 1390. The predicted molar refractivity (Wildman–Crippen MR) is 128 cm³/mol. The third-order valence-corrected chi connectivity index (χ3v) is 5.89. The average Bonchev–Trinajstić information content (AvgIpc) is 2.88. The molecule has 2 aromatic rings. The lowest BCUT2D eigenvalue weighted by molar-refractivity contribution is -0.139. The maximum atomic E-state index is 12.8. The van der Waals surface area contributed by atoms with E-state index in [4.69, 9.17) is 9.84 Å². The number of phenols is 2. The van der Waals surface area contributed by atoms with E-state index >= 15 is 0 Å². The summed E-state index contributed by atoms with van der Waals surface area (Å²) in [6.45, 7) is -0.598. The molecule has 0 spiro atoms. The summed E-state index contributed by atoms with van der Waals surface area (Å²) < 4.78 is 30.9. The quantitative estimate of drug-likeness (QED) is 0.105. The van der Waals surface area contributed by atoms with Crippen LogP contribution in [0.1, 0.15) is 17.2 Å². The largest absolute Gasteiger partial charge is 0.504 e. The number of carbonyl (C=O) groups is 5. The average molecular weight is 567 g/mol. The number of phenolic OH excluding ortho intramolecular Hbond substituents is 2. The SMILES string of the molecule is O=C(O)NC1CN(C(=O)NS(=O)(=O)NNC(=O)C(NC(=O)OCc2ccccc2)c2ccc(O)c(O)c2)C1=O. The molecular weight excluding hydrogens is 544 g/mol. The molecule has 0 aliphatic carbocycles. The Morgan fingerprint density at radius 1 is 1.05 bits per heavy atom. The van der Waals surface area contributed by atoms with E-state index in [1.807, 2.05) is 5.32 Å². The number of imide groups is 1. The molecule has 2 unspecified atom stereocenters. The number of amides is 6. The highest BCUT2D eigenvalue weighted by atomic mass is 32.2. The highest BCUT2D eigenvalue weighted by molar-refractivity contribution is 7.88. The van der Waals surface area contributed by atoms with Crippen LogP contribution in [0.3, 0.4) is 0 Å². The molecule has 0 bridgehead atoms. The number of hydrazine groups is 1. The number of likely N-dealkylation sites (tertiary alicyclic amines) is 1. The summed E-state index contributed by atoms with van der Waals surface area (Å²) in [6, 6.07) is 7.31. The van der Waals surface area contributed by atoms with Crippen LogP contribution in [0.25, 0.3) is 0 Å². The molecule has 3 rings (SSSR count). The van der Waals surface area contributed by atoms with Crippen LogP contribution < -0.4 is 25.6 Å². The lowest BCUT2D eigenvalue weighted by atomic mass is 10.1. The van der Waals surface area contributed by atoms with Crippen LogP contribution in [0.4, 0.5) is 14.4 Å². The molecule has 18 heteroatoms. The van der Waals surface area contributed by atoms with E-state index in [0.29, 0.717) is 10.5 Å². The van der Waals surface area contributed by atoms with Gasteiger partial charge in [-0.1, -0.05) is 36.4 Å². The number of β-lactam (4-membered cyclic amide) rings is 1. The highest BCUT2D eigenvalue weighted by Gasteiger charge is 2.43. The van der Waals surface area contributed by atoms with Crippen molar-refractivity contribution in [3.63, 3.8) is 0 Å². The van der Waals surface area contributed by atoms with E-state index < -0.39 is 70.4 Å². The number of nitrogens with zero attached hydrogens (tertiary/aromatic N) is 1. The third kappa shape index (κ3) is 7.69. The van der Waals surface area contributed by atoms with E-state index in [1.54, 1.807) is 40.6 Å². The van der Waals surface area contributed by atoms with Gasteiger partial charge in [-0.25, -0.2) is 19.1 Å². The smallest absolute Gasteiger partial charge is 0.408 e. The monoisotopic (exact) mass is 566 g/mol. The molecule has 1 heterocycles. The second-order valence-corrected chi connectivity index (χ2v) is 9.26. The first-order chi connectivity index (χ1) is 18.4. The van der Waals surface area contributed by atoms with Gasteiger partial charge < -0.3 is 30.7 Å². The van der Waals surface area contributed by atoms with Crippen LogP contribution in [0.5, 0.6) is 11.5 Å². The normalized spacial score (nSPS) is 15.3. The molecule has 39 heavy (non-hydrogen) atoms. The van der Waals surface area contributed by atoms with Gasteiger partial charge in [-0.2, -0.15) is 8.42 Å². The highest BCUT2D eigenvalue weighted by Crippen LogP contribution is 2.28. The van der Waals surface area contributed by atoms with Gasteiger partial charge in [0.05, 0.1) is 6.54 Å². The van der Waals surface area contributed by atoms with Crippen molar-refractivity contribution in [3.8, 4) is 11.5 Å². The molecule has 0 aromatic heterocycles. The van der Waals surface area contributed by atoms with Crippen molar-refractivity contribution < 1.29 is 52.4 Å². The fourth-order valence-corrected chi connectivity index (χ4v) is 3.78. The number of ether oxygens (including phenoxy) is 1. The van der Waals surface area contributed by atoms with Gasteiger partial charge in [0.15, 0.2) is 11.5 Å². The van der Waals surface area contributed by atoms with Gasteiger partial charge in [0.25, 0.3) is 11.8 Å². The summed E-state index contributed by atoms with van der Waals surface area (Å²) in [7, 11) is -4.81. The first-order valence-corrected chi connectivity index (χ1v) is 12.3. The van der Waals surface area contributed by atoms with Crippen LogP contribution in [-0.4, -0.2) is 71.3 Å². The number of alkyl carbamates (subject to hydrolysis) is 1. The number of nitrogens with one attached hydrogen (secondary N) is 5. The van der Waals surface area contributed by atoms with Gasteiger partial charge in [-0.05, 0) is 23.3 Å². The number of hydrogen-bond acceptors (Lipinski definition) is 10. The molecule has 1 aliphatic heterocycles. The first-order valence-electron chi connectivity index (χ1n) is 10.8. The van der Waals surface area contributed by atoms with Crippen molar-refractivity contribution in [3.05, 3.63) is 59.7 Å².